The molecule has 3 aromatic rings. The van der Waals surface area contributed by atoms with E-state index in [1.54, 1.807) is 10.7 Å². The average Bonchev–Trinajstić information content (AvgIpc) is 3.53. The molecular formula is C21H22N6O3. The van der Waals surface area contributed by atoms with Crippen LogP contribution in [0.2, 0.25) is 0 Å². The maximum Gasteiger partial charge on any atom is 0.261 e. The molecule has 0 radical (unpaired) electrons. The van der Waals surface area contributed by atoms with Gasteiger partial charge in [0.2, 0.25) is 11.8 Å². The number of rotatable bonds is 4. The van der Waals surface area contributed by atoms with E-state index in [1.165, 1.54) is 12.5 Å². The van der Waals surface area contributed by atoms with Crippen molar-refractivity contribution in [2.24, 2.45) is 11.8 Å². The Morgan fingerprint density at radius 3 is 2.80 bits per heavy atom. The minimum absolute atomic E-state index is 0.113. The molecule has 2 fully saturated rings. The molecule has 9 nitrogen and oxygen atoms in total. The molecule has 1 aliphatic carbocycles. The van der Waals surface area contributed by atoms with Gasteiger partial charge in [0.25, 0.3) is 5.56 Å². The van der Waals surface area contributed by atoms with E-state index in [0.29, 0.717) is 29.0 Å². The molecule has 30 heavy (non-hydrogen) atoms. The second-order valence-electron chi connectivity index (χ2n) is 7.93. The van der Waals surface area contributed by atoms with E-state index in [9.17, 15) is 14.4 Å². The highest BCUT2D eigenvalue weighted by atomic mass is 16.2. The summed E-state index contributed by atoms with van der Waals surface area (Å²) in [6, 6.07) is 7.27. The zero-order valence-corrected chi connectivity index (χ0v) is 16.4. The first kappa shape index (κ1) is 18.5. The van der Waals surface area contributed by atoms with Crippen LogP contribution in [-0.4, -0.2) is 49.6 Å². The van der Waals surface area contributed by atoms with Crippen molar-refractivity contribution in [2.45, 2.75) is 25.7 Å². The molecule has 2 aliphatic rings. The topological polar surface area (TPSA) is 113 Å². The number of para-hydroxylation sites is 2. The molecule has 0 bridgehead atoms. The minimum atomic E-state index is -0.268. The third-order valence-corrected chi connectivity index (χ3v) is 5.79. The van der Waals surface area contributed by atoms with Crippen LogP contribution in [0.1, 0.15) is 25.7 Å². The van der Waals surface area contributed by atoms with Crippen molar-refractivity contribution in [1.82, 2.24) is 24.6 Å². The summed E-state index contributed by atoms with van der Waals surface area (Å²) in [6.07, 6.45) is 6.31. The van der Waals surface area contributed by atoms with Gasteiger partial charge in [-0.15, -0.1) is 0 Å². The second kappa shape index (κ2) is 7.40. The van der Waals surface area contributed by atoms with Gasteiger partial charge >= 0.3 is 0 Å². The Balaban J connectivity index is 1.39. The number of hydrogen-bond donors (Lipinski definition) is 2. The Kier molecular flexibility index (Phi) is 4.57. The Labute approximate surface area is 172 Å². The highest BCUT2D eigenvalue weighted by Crippen LogP contribution is 2.33. The maximum atomic E-state index is 13.0. The third kappa shape index (κ3) is 3.36. The van der Waals surface area contributed by atoms with Gasteiger partial charge in [0.15, 0.2) is 5.65 Å². The first-order valence-corrected chi connectivity index (χ1v) is 10.2. The largest absolute Gasteiger partial charge is 0.342 e. The van der Waals surface area contributed by atoms with Crippen LogP contribution in [0, 0.1) is 11.8 Å². The van der Waals surface area contributed by atoms with Crippen LogP contribution in [0.25, 0.3) is 16.7 Å². The van der Waals surface area contributed by atoms with Gasteiger partial charge in [-0.1, -0.05) is 12.1 Å². The van der Waals surface area contributed by atoms with Gasteiger partial charge in [0.1, 0.15) is 5.39 Å². The Morgan fingerprint density at radius 2 is 1.97 bits per heavy atom. The number of H-pyrrole nitrogens is 1. The number of aromatic amines is 1. The normalized spacial score (nSPS) is 19.1. The monoisotopic (exact) mass is 406 g/mol. The summed E-state index contributed by atoms with van der Waals surface area (Å²) in [5, 5.41) is 7.67. The molecule has 1 atom stereocenters. The molecule has 1 aromatic carbocycles. The quantitative estimate of drug-likeness (QED) is 0.685. The zero-order chi connectivity index (χ0) is 20.7. The Morgan fingerprint density at radius 1 is 1.13 bits per heavy atom. The summed E-state index contributed by atoms with van der Waals surface area (Å²) in [7, 11) is 0. The number of carbonyl (C=O) groups is 2. The van der Waals surface area contributed by atoms with Gasteiger partial charge in [-0.2, -0.15) is 5.10 Å². The fourth-order valence-electron chi connectivity index (χ4n) is 4.01. The van der Waals surface area contributed by atoms with Crippen molar-refractivity contribution in [3.8, 4) is 5.69 Å². The molecule has 1 saturated heterocycles. The van der Waals surface area contributed by atoms with E-state index in [4.69, 9.17) is 0 Å². The van der Waals surface area contributed by atoms with Gasteiger partial charge in [0.05, 0.1) is 29.8 Å². The van der Waals surface area contributed by atoms with E-state index < -0.39 is 0 Å². The molecule has 0 spiro atoms. The molecule has 2 amide bonds. The molecule has 9 heteroatoms. The van der Waals surface area contributed by atoms with Gasteiger partial charge in [-0.05, 0) is 37.8 Å². The van der Waals surface area contributed by atoms with Crippen LogP contribution < -0.4 is 10.9 Å². The summed E-state index contributed by atoms with van der Waals surface area (Å²) >= 11 is 0. The SMILES string of the molecule is O=C(Nc1ccccc1-n1ncc2c(=O)[nH]cnc21)C1CCCN(C(=O)C2CC2)C1. The average molecular weight is 406 g/mol. The number of benzene rings is 1. The molecule has 2 N–H and O–H groups in total. The van der Waals surface area contributed by atoms with Crippen molar-refractivity contribution in [3.05, 3.63) is 47.1 Å². The first-order valence-electron chi connectivity index (χ1n) is 10.2. The van der Waals surface area contributed by atoms with Gasteiger partial charge in [-0.25, -0.2) is 9.67 Å². The standard InChI is InChI=1S/C21H22N6O3/c28-19(14-4-3-9-26(11-14)21(30)13-7-8-13)25-16-5-1-2-6-17(16)27-18-15(10-24-27)20(29)23-12-22-18/h1-2,5-6,10,12-14H,3-4,7-9,11H2,(H,25,28)(H,22,23,29). The van der Waals surface area contributed by atoms with Crippen molar-refractivity contribution < 1.29 is 9.59 Å². The highest BCUT2D eigenvalue weighted by molar-refractivity contribution is 5.95. The summed E-state index contributed by atoms with van der Waals surface area (Å²) in [6.45, 7) is 1.19. The molecule has 3 heterocycles. The summed E-state index contributed by atoms with van der Waals surface area (Å²) in [5.74, 6) is -0.00801. The van der Waals surface area contributed by atoms with Crippen LogP contribution in [0.4, 0.5) is 5.69 Å². The van der Waals surface area contributed by atoms with Crippen LogP contribution in [0.15, 0.2) is 41.6 Å². The number of anilines is 1. The number of amides is 2. The number of nitrogens with zero attached hydrogens (tertiary/aromatic N) is 4. The van der Waals surface area contributed by atoms with E-state index in [2.05, 4.69) is 20.4 Å². The molecule has 5 rings (SSSR count). The summed E-state index contributed by atoms with van der Waals surface area (Å²) < 4.78 is 1.55. The molecular weight excluding hydrogens is 384 g/mol. The number of fused-ring (bicyclic) bond motifs is 1. The molecule has 154 valence electrons. The Hall–Kier alpha value is -3.49. The lowest BCUT2D eigenvalue weighted by molar-refractivity contribution is -0.135. The second-order valence-corrected chi connectivity index (χ2v) is 7.93. The summed E-state index contributed by atoms with van der Waals surface area (Å²) in [4.78, 5) is 46.0. The lowest BCUT2D eigenvalue weighted by Gasteiger charge is -2.32. The van der Waals surface area contributed by atoms with Gasteiger partial charge in [-0.3, -0.25) is 14.4 Å². The van der Waals surface area contributed by atoms with Crippen LogP contribution in [0.3, 0.4) is 0 Å². The van der Waals surface area contributed by atoms with E-state index in [0.717, 1.165) is 32.2 Å². The fraction of sp³-hybridized carbons (Fsp3) is 0.381. The fourth-order valence-corrected chi connectivity index (χ4v) is 4.01. The maximum absolute atomic E-state index is 13.0. The van der Waals surface area contributed by atoms with Crippen LogP contribution >= 0.6 is 0 Å². The first-order chi connectivity index (χ1) is 14.6. The number of hydrogen-bond acceptors (Lipinski definition) is 5. The summed E-state index contributed by atoms with van der Waals surface area (Å²) in [5.41, 5.74) is 1.36. The predicted molar refractivity (Wildman–Crippen MR) is 110 cm³/mol. The van der Waals surface area contributed by atoms with Crippen molar-refractivity contribution in [1.29, 1.82) is 0 Å². The van der Waals surface area contributed by atoms with Crippen LogP contribution in [0.5, 0.6) is 0 Å². The van der Waals surface area contributed by atoms with E-state index in [1.807, 2.05) is 23.1 Å². The van der Waals surface area contributed by atoms with Gasteiger partial charge in [0, 0.05) is 19.0 Å². The third-order valence-electron chi connectivity index (χ3n) is 5.79. The van der Waals surface area contributed by atoms with Crippen LogP contribution in [-0.2, 0) is 9.59 Å². The Bertz CT molecular complexity index is 1180. The predicted octanol–water partition coefficient (Wildman–Crippen LogP) is 1.70. The molecule has 2 aromatic heterocycles. The molecule has 1 unspecified atom stereocenters. The number of likely N-dealkylation sites (tertiary alicyclic amines) is 1. The van der Waals surface area contributed by atoms with Crippen molar-refractivity contribution >= 4 is 28.5 Å². The van der Waals surface area contributed by atoms with E-state index in [-0.39, 0.29) is 29.2 Å². The molecule has 1 aliphatic heterocycles. The highest BCUT2D eigenvalue weighted by Gasteiger charge is 2.36. The number of nitrogens with one attached hydrogen (secondary N) is 2. The lowest BCUT2D eigenvalue weighted by Crippen LogP contribution is -2.44. The lowest BCUT2D eigenvalue weighted by atomic mass is 9.96. The molecule has 1 saturated carbocycles. The zero-order valence-electron chi connectivity index (χ0n) is 16.4. The van der Waals surface area contributed by atoms with E-state index >= 15 is 0 Å². The van der Waals surface area contributed by atoms with Crippen molar-refractivity contribution in [3.63, 3.8) is 0 Å². The van der Waals surface area contributed by atoms with Gasteiger partial charge < -0.3 is 15.2 Å². The number of piperidine rings is 1. The number of aromatic nitrogens is 4. The number of carbonyl (C=O) groups excluding carboxylic acids is 2. The smallest absolute Gasteiger partial charge is 0.261 e. The minimum Gasteiger partial charge on any atom is -0.342 e. The van der Waals surface area contributed by atoms with Crippen molar-refractivity contribution in [2.75, 3.05) is 18.4 Å².